The zero-order valence-corrected chi connectivity index (χ0v) is 4.13. The van der Waals surface area contributed by atoms with Crippen LogP contribution in [0.15, 0.2) is 18.3 Å². The smallest absolute Gasteiger partial charge is 0.166 e. The van der Waals surface area contributed by atoms with Crippen LogP contribution in [-0.2, 0) is 0 Å². The lowest BCUT2D eigenvalue weighted by Crippen LogP contribution is -2.07. The summed E-state index contributed by atoms with van der Waals surface area (Å²) in [6.07, 6.45) is 1.66. The summed E-state index contributed by atoms with van der Waals surface area (Å²) in [5.74, 6) is 0. The highest BCUT2D eigenvalue weighted by molar-refractivity contribution is 6.30. The molecule has 1 heterocycles. The van der Waals surface area contributed by atoms with E-state index < -0.39 is 0 Å². The monoisotopic (exact) mass is 92.1 g/mol. The first kappa shape index (κ1) is 4.31. The second-order valence-electron chi connectivity index (χ2n) is 1.37. The summed E-state index contributed by atoms with van der Waals surface area (Å²) in [6.45, 7) is 0. The Morgan fingerprint density at radius 2 is 2.43 bits per heavy atom. The van der Waals surface area contributed by atoms with E-state index in [1.54, 1.807) is 6.20 Å². The van der Waals surface area contributed by atoms with Gasteiger partial charge in [-0.05, 0) is 12.1 Å². The van der Waals surface area contributed by atoms with E-state index in [9.17, 15) is 0 Å². The third-order valence-corrected chi connectivity index (χ3v) is 0.706. The van der Waals surface area contributed by atoms with Gasteiger partial charge in [-0.25, -0.2) is 0 Å². The predicted octanol–water partition coefficient (Wildman–Crippen LogP) is -1.27. The summed E-state index contributed by atoms with van der Waals surface area (Å²) < 4.78 is 0. The highest BCUT2D eigenvalue weighted by Crippen LogP contribution is 1.65. The fourth-order valence-electron chi connectivity index (χ4n) is 0.379. The third kappa shape index (κ3) is 0.997. The average Bonchev–Trinajstić information content (AvgIpc) is 1.69. The van der Waals surface area contributed by atoms with Crippen molar-refractivity contribution in [1.82, 2.24) is 10.2 Å². The van der Waals surface area contributed by atoms with Crippen molar-refractivity contribution < 1.29 is 0 Å². The zero-order valence-electron chi connectivity index (χ0n) is 4.13. The molecule has 0 radical (unpaired) electrons. The molecule has 0 N–H and O–H groups in total. The van der Waals surface area contributed by atoms with Gasteiger partial charge in [0.15, 0.2) is 7.85 Å². The Morgan fingerprint density at radius 1 is 1.57 bits per heavy atom. The van der Waals surface area contributed by atoms with Crippen LogP contribution in [-0.4, -0.2) is 18.0 Å². The van der Waals surface area contributed by atoms with Crippen molar-refractivity contribution in [2.75, 3.05) is 0 Å². The predicted molar refractivity (Wildman–Crippen MR) is 30.2 cm³/mol. The molecule has 1 rings (SSSR count). The molecule has 2 nitrogen and oxygen atoms in total. The Hall–Kier alpha value is -0.855. The molecule has 0 saturated carbocycles. The van der Waals surface area contributed by atoms with Crippen LogP contribution in [0.25, 0.3) is 0 Å². The Bertz CT molecular complexity index is 140. The minimum absolute atomic E-state index is 0.961. The quantitative estimate of drug-likeness (QED) is 0.373. The van der Waals surface area contributed by atoms with Crippen molar-refractivity contribution >= 4 is 13.4 Å². The van der Waals surface area contributed by atoms with Crippen molar-refractivity contribution in [3.8, 4) is 0 Å². The number of aromatic nitrogens is 2. The molecule has 0 bridgehead atoms. The second-order valence-corrected chi connectivity index (χ2v) is 1.37. The molecule has 3 heteroatoms. The summed E-state index contributed by atoms with van der Waals surface area (Å²) in [4.78, 5) is 0. The lowest BCUT2D eigenvalue weighted by molar-refractivity contribution is 1.06. The molecule has 0 aromatic carbocycles. The van der Waals surface area contributed by atoms with E-state index in [4.69, 9.17) is 0 Å². The van der Waals surface area contributed by atoms with Crippen molar-refractivity contribution in [1.29, 1.82) is 0 Å². The number of rotatable bonds is 0. The van der Waals surface area contributed by atoms with E-state index >= 15 is 0 Å². The molecule has 1 aromatic heterocycles. The highest BCUT2D eigenvalue weighted by Gasteiger charge is 1.75. The van der Waals surface area contributed by atoms with Crippen LogP contribution in [0.1, 0.15) is 0 Å². The molecule has 34 valence electrons. The minimum Gasteiger partial charge on any atom is -0.167 e. The first-order valence-electron chi connectivity index (χ1n) is 2.14. The maximum Gasteiger partial charge on any atom is 0.166 e. The average molecular weight is 91.9 g/mol. The fourth-order valence-corrected chi connectivity index (χ4v) is 0.379. The fraction of sp³-hybridized carbons (Fsp3) is 0. The SMILES string of the molecule is Bc1cccnn1. The second kappa shape index (κ2) is 1.73. The Balaban J connectivity index is 3.02. The van der Waals surface area contributed by atoms with Gasteiger partial charge < -0.3 is 0 Å². The third-order valence-electron chi connectivity index (χ3n) is 0.706. The van der Waals surface area contributed by atoms with E-state index in [1.165, 1.54) is 0 Å². The van der Waals surface area contributed by atoms with Gasteiger partial charge in [-0.3, -0.25) is 0 Å². The Morgan fingerprint density at radius 3 is 2.71 bits per heavy atom. The van der Waals surface area contributed by atoms with Gasteiger partial charge in [-0.1, -0.05) is 0 Å². The number of hydrogen-bond donors (Lipinski definition) is 0. The van der Waals surface area contributed by atoms with Gasteiger partial charge >= 0.3 is 0 Å². The first-order chi connectivity index (χ1) is 3.39. The normalized spacial score (nSPS) is 8.57. The zero-order chi connectivity index (χ0) is 5.11. The lowest BCUT2D eigenvalue weighted by atomic mass is 10.1. The molecule has 0 aliphatic heterocycles. The number of hydrogen-bond acceptors (Lipinski definition) is 2. The first-order valence-corrected chi connectivity index (χ1v) is 2.14. The minimum atomic E-state index is 0.961. The van der Waals surface area contributed by atoms with Crippen LogP contribution < -0.4 is 5.59 Å². The van der Waals surface area contributed by atoms with Crippen molar-refractivity contribution in [2.24, 2.45) is 0 Å². The molecular formula is C4H5BN2. The molecule has 0 aliphatic carbocycles. The van der Waals surface area contributed by atoms with Crippen LogP contribution in [0, 0.1) is 0 Å². The standard InChI is InChI=1S/C4H5BN2/c5-4-2-1-3-6-7-4/h1-3H,5H2. The van der Waals surface area contributed by atoms with Gasteiger partial charge in [-0.15, -0.1) is 0 Å². The molecule has 7 heavy (non-hydrogen) atoms. The van der Waals surface area contributed by atoms with E-state index in [0.717, 1.165) is 5.59 Å². The Labute approximate surface area is 43.0 Å². The van der Waals surface area contributed by atoms with E-state index in [2.05, 4.69) is 10.2 Å². The van der Waals surface area contributed by atoms with Gasteiger partial charge in [-0.2, -0.15) is 10.2 Å². The number of nitrogens with zero attached hydrogens (tertiary/aromatic N) is 2. The molecule has 0 amide bonds. The van der Waals surface area contributed by atoms with Crippen molar-refractivity contribution in [3.05, 3.63) is 18.3 Å². The van der Waals surface area contributed by atoms with Crippen LogP contribution in [0.3, 0.4) is 0 Å². The topological polar surface area (TPSA) is 25.8 Å². The molecule has 0 atom stereocenters. The van der Waals surface area contributed by atoms with Crippen LogP contribution in [0.5, 0.6) is 0 Å². The van der Waals surface area contributed by atoms with E-state index in [-0.39, 0.29) is 0 Å². The summed E-state index contributed by atoms with van der Waals surface area (Å²) >= 11 is 0. The summed E-state index contributed by atoms with van der Waals surface area (Å²) in [7, 11) is 1.91. The molecule has 0 aliphatic rings. The van der Waals surface area contributed by atoms with E-state index in [1.807, 2.05) is 20.0 Å². The highest BCUT2D eigenvalue weighted by atomic mass is 15.1. The van der Waals surface area contributed by atoms with Crippen molar-refractivity contribution in [3.63, 3.8) is 0 Å². The molecule has 1 aromatic rings. The van der Waals surface area contributed by atoms with E-state index in [0.29, 0.717) is 0 Å². The van der Waals surface area contributed by atoms with Gasteiger partial charge in [0.1, 0.15) is 0 Å². The van der Waals surface area contributed by atoms with Gasteiger partial charge in [0, 0.05) is 11.8 Å². The van der Waals surface area contributed by atoms with Crippen LogP contribution in [0.4, 0.5) is 0 Å². The Kier molecular flexibility index (Phi) is 1.07. The van der Waals surface area contributed by atoms with Crippen LogP contribution in [0.2, 0.25) is 0 Å². The van der Waals surface area contributed by atoms with Gasteiger partial charge in [0.05, 0.1) is 0 Å². The summed E-state index contributed by atoms with van der Waals surface area (Å²) in [6, 6.07) is 3.77. The molecule has 0 saturated heterocycles. The molecule has 0 unspecified atom stereocenters. The lowest BCUT2D eigenvalue weighted by Gasteiger charge is -1.80. The summed E-state index contributed by atoms with van der Waals surface area (Å²) in [5.41, 5.74) is 0.961. The van der Waals surface area contributed by atoms with Gasteiger partial charge in [0.25, 0.3) is 0 Å². The van der Waals surface area contributed by atoms with Gasteiger partial charge in [0.2, 0.25) is 0 Å². The maximum absolute atomic E-state index is 3.73. The van der Waals surface area contributed by atoms with Crippen molar-refractivity contribution in [2.45, 2.75) is 0 Å². The van der Waals surface area contributed by atoms with Crippen LogP contribution >= 0.6 is 0 Å². The molecule has 0 spiro atoms. The maximum atomic E-state index is 3.73. The molecular weight excluding hydrogens is 86.9 g/mol. The largest absolute Gasteiger partial charge is 0.167 e. The summed E-state index contributed by atoms with van der Waals surface area (Å²) in [5, 5.41) is 7.36. The molecule has 0 fully saturated rings.